The topological polar surface area (TPSA) is 20.3 Å². The lowest BCUT2D eigenvalue weighted by molar-refractivity contribution is -0.184. The van der Waals surface area contributed by atoms with Gasteiger partial charge in [0.25, 0.3) is 5.91 Å². The number of alkyl halides is 3. The first kappa shape index (κ1) is 14.2. The second-order valence-electron chi connectivity index (χ2n) is 4.68. The first-order valence-corrected chi connectivity index (χ1v) is 6.47. The summed E-state index contributed by atoms with van der Waals surface area (Å²) in [6, 6.07) is 6.48. The normalized spacial score (nSPS) is 20.4. The zero-order valence-corrected chi connectivity index (χ0v) is 11.0. The average molecular weight is 289 g/mol. The van der Waals surface area contributed by atoms with Crippen LogP contribution in [0.25, 0.3) is 0 Å². The lowest BCUT2D eigenvalue weighted by Gasteiger charge is -2.33. The lowest BCUT2D eigenvalue weighted by atomic mass is 9.97. The number of carbonyl (C=O) groups is 1. The summed E-state index contributed by atoms with van der Waals surface area (Å²) in [7, 11) is 0. The second kappa shape index (κ2) is 5.45. The molecule has 0 spiro atoms. The number of carbonyl (C=O) groups excluding carboxylic acids is 1. The van der Waals surface area contributed by atoms with Gasteiger partial charge >= 0.3 is 6.18 Å². The highest BCUT2D eigenvalue weighted by molar-refractivity contribution is 7.80. The van der Waals surface area contributed by atoms with Crippen molar-refractivity contribution in [3.8, 4) is 0 Å². The van der Waals surface area contributed by atoms with Gasteiger partial charge in [0.2, 0.25) is 0 Å². The van der Waals surface area contributed by atoms with E-state index in [4.69, 9.17) is 0 Å². The average Bonchev–Trinajstić information content (AvgIpc) is 2.38. The van der Waals surface area contributed by atoms with E-state index in [-0.39, 0.29) is 18.9 Å². The Kier molecular flexibility index (Phi) is 4.08. The van der Waals surface area contributed by atoms with Crippen molar-refractivity contribution in [2.24, 2.45) is 5.92 Å². The highest BCUT2D eigenvalue weighted by Gasteiger charge is 2.42. The minimum Gasteiger partial charge on any atom is -0.338 e. The molecule has 1 heterocycles. The van der Waals surface area contributed by atoms with E-state index >= 15 is 0 Å². The molecule has 0 bridgehead atoms. The number of piperidine rings is 1. The second-order valence-corrected chi connectivity index (χ2v) is 5.20. The van der Waals surface area contributed by atoms with Gasteiger partial charge in [-0.1, -0.05) is 0 Å². The molecule has 1 amide bonds. The van der Waals surface area contributed by atoms with Crippen LogP contribution in [0.5, 0.6) is 0 Å². The number of hydrogen-bond acceptors (Lipinski definition) is 2. The van der Waals surface area contributed by atoms with E-state index in [1.807, 2.05) is 0 Å². The zero-order chi connectivity index (χ0) is 14.0. The summed E-state index contributed by atoms with van der Waals surface area (Å²) in [5.74, 6) is -1.75. The summed E-state index contributed by atoms with van der Waals surface area (Å²) < 4.78 is 38.1. The quantitative estimate of drug-likeness (QED) is 0.786. The third-order valence-corrected chi connectivity index (χ3v) is 3.58. The van der Waals surface area contributed by atoms with E-state index in [2.05, 4.69) is 12.6 Å². The van der Waals surface area contributed by atoms with Crippen LogP contribution in [0.3, 0.4) is 0 Å². The maximum Gasteiger partial charge on any atom is 0.393 e. The molecule has 1 aromatic rings. The number of hydrogen-bond donors (Lipinski definition) is 1. The molecular formula is C13H14F3NOS. The molecule has 6 heteroatoms. The minimum atomic E-state index is -4.23. The van der Waals surface area contributed by atoms with Crippen molar-refractivity contribution in [1.82, 2.24) is 4.90 Å². The first-order chi connectivity index (χ1) is 8.88. The molecule has 19 heavy (non-hydrogen) atoms. The molecule has 2 nitrogen and oxygen atoms in total. The van der Waals surface area contributed by atoms with E-state index in [1.165, 1.54) is 4.90 Å². The molecule has 1 fully saturated rings. The summed E-state index contributed by atoms with van der Waals surface area (Å²) in [5.41, 5.74) is 0.403. The predicted molar refractivity (Wildman–Crippen MR) is 68.4 cm³/mol. The van der Waals surface area contributed by atoms with Gasteiger partial charge in [-0.25, -0.2) is 0 Å². The smallest absolute Gasteiger partial charge is 0.338 e. The standard InChI is InChI=1S/C13H14F3NOS/c14-13(15,16)10-2-1-7-17(8-10)12(18)9-3-5-11(19)6-4-9/h3-6,10,19H,1-2,7-8H2. The van der Waals surface area contributed by atoms with E-state index in [9.17, 15) is 18.0 Å². The van der Waals surface area contributed by atoms with Gasteiger partial charge in [0.05, 0.1) is 5.92 Å². The van der Waals surface area contributed by atoms with Gasteiger partial charge in [-0.3, -0.25) is 4.79 Å². The molecule has 1 aromatic carbocycles. The Morgan fingerprint density at radius 1 is 1.26 bits per heavy atom. The van der Waals surface area contributed by atoms with E-state index < -0.39 is 12.1 Å². The molecule has 1 atom stereocenters. The van der Waals surface area contributed by atoms with Crippen LogP contribution in [-0.4, -0.2) is 30.1 Å². The van der Waals surface area contributed by atoms with Crippen LogP contribution in [0.15, 0.2) is 29.2 Å². The van der Waals surface area contributed by atoms with Crippen LogP contribution in [-0.2, 0) is 0 Å². The van der Waals surface area contributed by atoms with Crippen molar-refractivity contribution in [3.63, 3.8) is 0 Å². The summed E-state index contributed by atoms with van der Waals surface area (Å²) in [5, 5.41) is 0. The van der Waals surface area contributed by atoms with Gasteiger partial charge in [0, 0.05) is 23.5 Å². The molecule has 0 N–H and O–H groups in total. The van der Waals surface area contributed by atoms with Crippen LogP contribution in [0.1, 0.15) is 23.2 Å². The Morgan fingerprint density at radius 2 is 1.89 bits per heavy atom. The molecular weight excluding hydrogens is 275 g/mol. The molecule has 0 saturated carbocycles. The Hall–Kier alpha value is -1.17. The third kappa shape index (κ3) is 3.43. The largest absolute Gasteiger partial charge is 0.393 e. The SMILES string of the molecule is O=C(c1ccc(S)cc1)N1CCCC(C(F)(F)F)C1. The Morgan fingerprint density at radius 3 is 2.47 bits per heavy atom. The van der Waals surface area contributed by atoms with E-state index in [0.717, 1.165) is 0 Å². The number of rotatable bonds is 1. The van der Waals surface area contributed by atoms with Gasteiger partial charge in [-0.05, 0) is 37.1 Å². The fourth-order valence-corrected chi connectivity index (χ4v) is 2.36. The van der Waals surface area contributed by atoms with Crippen LogP contribution < -0.4 is 0 Å². The minimum absolute atomic E-state index is 0.100. The zero-order valence-electron chi connectivity index (χ0n) is 10.2. The number of likely N-dealkylation sites (tertiary alicyclic amines) is 1. The summed E-state index contributed by atoms with van der Waals surface area (Å²) in [6.07, 6.45) is -3.74. The van der Waals surface area contributed by atoms with Gasteiger partial charge in [-0.15, -0.1) is 12.6 Å². The number of thiol groups is 1. The molecule has 1 unspecified atom stereocenters. The summed E-state index contributed by atoms with van der Waals surface area (Å²) in [6.45, 7) is 0.138. The van der Waals surface area contributed by atoms with E-state index in [0.29, 0.717) is 23.4 Å². The Labute approximate surface area is 115 Å². The van der Waals surface area contributed by atoms with Crippen LogP contribution in [0, 0.1) is 5.92 Å². The molecule has 0 aliphatic carbocycles. The first-order valence-electron chi connectivity index (χ1n) is 6.03. The number of amides is 1. The monoisotopic (exact) mass is 289 g/mol. The maximum atomic E-state index is 12.7. The summed E-state index contributed by atoms with van der Waals surface area (Å²) >= 11 is 4.11. The van der Waals surface area contributed by atoms with Gasteiger partial charge in [0.15, 0.2) is 0 Å². The number of halogens is 3. The van der Waals surface area contributed by atoms with Crippen molar-refractivity contribution in [2.45, 2.75) is 23.9 Å². The molecule has 1 aliphatic heterocycles. The number of benzene rings is 1. The highest BCUT2D eigenvalue weighted by atomic mass is 32.1. The molecule has 0 aromatic heterocycles. The molecule has 1 saturated heterocycles. The van der Waals surface area contributed by atoms with Crippen molar-refractivity contribution < 1.29 is 18.0 Å². The Bertz CT molecular complexity index is 458. The lowest BCUT2D eigenvalue weighted by Crippen LogP contribution is -2.44. The molecule has 104 valence electrons. The van der Waals surface area contributed by atoms with Crippen molar-refractivity contribution in [1.29, 1.82) is 0 Å². The van der Waals surface area contributed by atoms with Crippen LogP contribution >= 0.6 is 12.6 Å². The van der Waals surface area contributed by atoms with E-state index in [1.54, 1.807) is 24.3 Å². The third-order valence-electron chi connectivity index (χ3n) is 3.29. The van der Waals surface area contributed by atoms with Crippen molar-refractivity contribution >= 4 is 18.5 Å². The van der Waals surface area contributed by atoms with Crippen molar-refractivity contribution in [3.05, 3.63) is 29.8 Å². The number of nitrogens with zero attached hydrogens (tertiary/aromatic N) is 1. The van der Waals surface area contributed by atoms with Crippen molar-refractivity contribution in [2.75, 3.05) is 13.1 Å². The fourth-order valence-electron chi connectivity index (χ4n) is 2.22. The highest BCUT2D eigenvalue weighted by Crippen LogP contribution is 2.33. The predicted octanol–water partition coefficient (Wildman–Crippen LogP) is 3.39. The Balaban J connectivity index is 2.09. The van der Waals surface area contributed by atoms with Crippen LogP contribution in [0.4, 0.5) is 13.2 Å². The van der Waals surface area contributed by atoms with Gasteiger partial charge in [-0.2, -0.15) is 13.2 Å². The molecule has 0 radical (unpaired) electrons. The molecule has 1 aliphatic rings. The fraction of sp³-hybridized carbons (Fsp3) is 0.462. The van der Waals surface area contributed by atoms with Gasteiger partial charge < -0.3 is 4.90 Å². The molecule has 2 rings (SSSR count). The van der Waals surface area contributed by atoms with Gasteiger partial charge in [0.1, 0.15) is 0 Å². The maximum absolute atomic E-state index is 12.7. The van der Waals surface area contributed by atoms with Crippen LogP contribution in [0.2, 0.25) is 0 Å². The summed E-state index contributed by atoms with van der Waals surface area (Å²) in [4.78, 5) is 14.1.